The molecular formula is C21H36O3. The Morgan fingerprint density at radius 3 is 2.42 bits per heavy atom. The Labute approximate surface area is 148 Å². The number of unbranched alkanes of at least 4 members (excludes halogenated alkanes) is 6. The molecule has 0 fully saturated rings. The summed E-state index contributed by atoms with van der Waals surface area (Å²) < 4.78 is 5.71. The molecule has 0 saturated carbocycles. The van der Waals surface area contributed by atoms with Crippen LogP contribution < -0.4 is 0 Å². The standard InChI is InChI=1S/C21H36O3/c1-3-5-6-14-17-20(24-4-2)18-15-12-10-8-7-9-11-13-16-19-21(22)23/h6,10,12,14-15,18,20H,3-5,7-9,11,13,16-17,19H2,1-2H3,(H,22,23). The largest absolute Gasteiger partial charge is 0.481 e. The lowest BCUT2D eigenvalue weighted by Crippen LogP contribution is -2.07. The fraction of sp³-hybridized carbons (Fsp3) is 0.667. The van der Waals surface area contributed by atoms with Crippen LogP contribution in [0, 0.1) is 0 Å². The van der Waals surface area contributed by atoms with E-state index >= 15 is 0 Å². The number of hydrogen-bond acceptors (Lipinski definition) is 2. The van der Waals surface area contributed by atoms with Gasteiger partial charge in [0.2, 0.25) is 0 Å². The molecule has 0 aliphatic heterocycles. The Morgan fingerprint density at radius 2 is 1.71 bits per heavy atom. The first-order valence-corrected chi connectivity index (χ1v) is 9.52. The number of carboxylic acids is 1. The Balaban J connectivity index is 3.72. The average Bonchev–Trinajstić information content (AvgIpc) is 2.56. The van der Waals surface area contributed by atoms with Gasteiger partial charge >= 0.3 is 5.97 Å². The van der Waals surface area contributed by atoms with Crippen molar-refractivity contribution in [2.24, 2.45) is 0 Å². The monoisotopic (exact) mass is 336 g/mol. The van der Waals surface area contributed by atoms with E-state index in [1.807, 2.05) is 6.92 Å². The molecule has 0 aromatic heterocycles. The summed E-state index contributed by atoms with van der Waals surface area (Å²) >= 11 is 0. The van der Waals surface area contributed by atoms with Crippen LogP contribution in [0.25, 0.3) is 0 Å². The van der Waals surface area contributed by atoms with Crippen LogP contribution in [-0.2, 0) is 9.53 Å². The van der Waals surface area contributed by atoms with Crippen molar-refractivity contribution in [3.8, 4) is 0 Å². The Kier molecular flexibility index (Phi) is 17.0. The molecule has 0 heterocycles. The number of allylic oxidation sites excluding steroid dienone is 4. The molecule has 1 atom stereocenters. The summed E-state index contributed by atoms with van der Waals surface area (Å²) in [4.78, 5) is 10.4. The normalized spacial score (nSPS) is 13.4. The van der Waals surface area contributed by atoms with Gasteiger partial charge in [-0.15, -0.1) is 0 Å². The van der Waals surface area contributed by atoms with Gasteiger partial charge in [-0.1, -0.05) is 69.1 Å². The molecule has 3 nitrogen and oxygen atoms in total. The van der Waals surface area contributed by atoms with E-state index in [2.05, 4.69) is 43.4 Å². The zero-order valence-electron chi connectivity index (χ0n) is 15.6. The quantitative estimate of drug-likeness (QED) is 0.211. The molecule has 24 heavy (non-hydrogen) atoms. The van der Waals surface area contributed by atoms with Crippen molar-refractivity contribution in [3.63, 3.8) is 0 Å². The second kappa shape index (κ2) is 18.0. The molecule has 0 radical (unpaired) electrons. The van der Waals surface area contributed by atoms with E-state index < -0.39 is 5.97 Å². The fourth-order valence-electron chi connectivity index (χ4n) is 2.36. The second-order valence-electron chi connectivity index (χ2n) is 6.00. The Morgan fingerprint density at radius 1 is 0.958 bits per heavy atom. The lowest BCUT2D eigenvalue weighted by Gasteiger charge is -2.09. The van der Waals surface area contributed by atoms with E-state index in [9.17, 15) is 4.79 Å². The highest BCUT2D eigenvalue weighted by molar-refractivity contribution is 5.66. The third-order valence-corrected chi connectivity index (χ3v) is 3.71. The molecule has 0 aliphatic rings. The third kappa shape index (κ3) is 17.0. The molecule has 0 spiro atoms. The number of ether oxygens (including phenoxy) is 1. The van der Waals surface area contributed by atoms with Crippen molar-refractivity contribution in [3.05, 3.63) is 36.5 Å². The van der Waals surface area contributed by atoms with Crippen molar-refractivity contribution in [1.82, 2.24) is 0 Å². The van der Waals surface area contributed by atoms with Crippen molar-refractivity contribution in [2.75, 3.05) is 6.61 Å². The van der Waals surface area contributed by atoms with E-state index in [1.54, 1.807) is 0 Å². The maximum Gasteiger partial charge on any atom is 0.303 e. The molecule has 1 N–H and O–H groups in total. The van der Waals surface area contributed by atoms with Gasteiger partial charge in [0.1, 0.15) is 0 Å². The van der Waals surface area contributed by atoms with Crippen LogP contribution in [0.2, 0.25) is 0 Å². The summed E-state index contributed by atoms with van der Waals surface area (Å²) in [6, 6.07) is 0. The molecular weight excluding hydrogens is 300 g/mol. The average molecular weight is 337 g/mol. The number of hydrogen-bond donors (Lipinski definition) is 1. The molecule has 1 unspecified atom stereocenters. The van der Waals surface area contributed by atoms with Crippen molar-refractivity contribution < 1.29 is 14.6 Å². The van der Waals surface area contributed by atoms with Crippen LogP contribution in [0.5, 0.6) is 0 Å². The smallest absolute Gasteiger partial charge is 0.303 e. The van der Waals surface area contributed by atoms with Crippen LogP contribution in [-0.4, -0.2) is 23.8 Å². The highest BCUT2D eigenvalue weighted by Gasteiger charge is 1.99. The predicted octanol–water partition coefficient (Wildman–Crippen LogP) is 6.07. The topological polar surface area (TPSA) is 46.5 Å². The van der Waals surface area contributed by atoms with E-state index in [0.717, 1.165) is 45.1 Å². The first-order valence-electron chi connectivity index (χ1n) is 9.52. The fourth-order valence-corrected chi connectivity index (χ4v) is 2.36. The van der Waals surface area contributed by atoms with E-state index in [-0.39, 0.29) is 6.10 Å². The van der Waals surface area contributed by atoms with Gasteiger partial charge in [-0.05, 0) is 39.0 Å². The van der Waals surface area contributed by atoms with Gasteiger partial charge in [0.25, 0.3) is 0 Å². The minimum atomic E-state index is -0.684. The SMILES string of the molecule is CCCC=CCC(C=CC=CCCCCCCCC(=O)O)OCC. The molecule has 0 aromatic rings. The third-order valence-electron chi connectivity index (χ3n) is 3.71. The van der Waals surface area contributed by atoms with E-state index in [0.29, 0.717) is 6.42 Å². The van der Waals surface area contributed by atoms with Crippen LogP contribution in [0.4, 0.5) is 0 Å². The Hall–Kier alpha value is -1.35. The van der Waals surface area contributed by atoms with Crippen LogP contribution in [0.3, 0.4) is 0 Å². The number of carboxylic acid groups (broad SMARTS) is 1. The molecule has 0 aliphatic carbocycles. The maximum absolute atomic E-state index is 10.4. The number of carbonyl (C=O) groups is 1. The molecule has 138 valence electrons. The van der Waals surface area contributed by atoms with Crippen molar-refractivity contribution >= 4 is 5.97 Å². The van der Waals surface area contributed by atoms with Crippen molar-refractivity contribution in [2.45, 2.75) is 84.2 Å². The Bertz CT molecular complexity index is 369. The zero-order valence-corrected chi connectivity index (χ0v) is 15.6. The van der Waals surface area contributed by atoms with Gasteiger partial charge in [0.15, 0.2) is 0 Å². The lowest BCUT2D eigenvalue weighted by molar-refractivity contribution is -0.137. The summed E-state index contributed by atoms with van der Waals surface area (Å²) in [5, 5.41) is 8.55. The molecule has 0 saturated heterocycles. The predicted molar refractivity (Wildman–Crippen MR) is 102 cm³/mol. The first kappa shape index (κ1) is 22.6. The summed E-state index contributed by atoms with van der Waals surface area (Å²) in [5.74, 6) is -0.684. The van der Waals surface area contributed by atoms with Gasteiger partial charge in [0, 0.05) is 13.0 Å². The minimum absolute atomic E-state index is 0.169. The molecule has 0 amide bonds. The number of aliphatic carboxylic acids is 1. The van der Waals surface area contributed by atoms with Crippen LogP contribution >= 0.6 is 0 Å². The first-order chi connectivity index (χ1) is 11.7. The van der Waals surface area contributed by atoms with Gasteiger partial charge < -0.3 is 9.84 Å². The van der Waals surface area contributed by atoms with Crippen LogP contribution in [0.15, 0.2) is 36.5 Å². The number of rotatable bonds is 16. The van der Waals surface area contributed by atoms with Gasteiger partial charge in [-0.3, -0.25) is 4.79 Å². The van der Waals surface area contributed by atoms with Gasteiger partial charge in [-0.2, -0.15) is 0 Å². The zero-order chi connectivity index (χ0) is 17.9. The highest BCUT2D eigenvalue weighted by atomic mass is 16.5. The summed E-state index contributed by atoms with van der Waals surface area (Å²) in [5.41, 5.74) is 0. The molecule has 0 rings (SSSR count). The molecule has 0 bridgehead atoms. The summed E-state index contributed by atoms with van der Waals surface area (Å²) in [7, 11) is 0. The summed E-state index contributed by atoms with van der Waals surface area (Å²) in [6.45, 7) is 4.95. The van der Waals surface area contributed by atoms with Gasteiger partial charge in [-0.25, -0.2) is 0 Å². The molecule has 3 heteroatoms. The summed E-state index contributed by atoms with van der Waals surface area (Å²) in [6.07, 6.45) is 23.1. The highest BCUT2D eigenvalue weighted by Crippen LogP contribution is 2.08. The lowest BCUT2D eigenvalue weighted by atomic mass is 10.1. The van der Waals surface area contributed by atoms with E-state index in [1.165, 1.54) is 19.3 Å². The van der Waals surface area contributed by atoms with Crippen LogP contribution in [0.1, 0.15) is 78.1 Å². The van der Waals surface area contributed by atoms with E-state index in [4.69, 9.17) is 9.84 Å². The molecule has 0 aromatic carbocycles. The van der Waals surface area contributed by atoms with Crippen molar-refractivity contribution in [1.29, 1.82) is 0 Å². The minimum Gasteiger partial charge on any atom is -0.481 e. The maximum atomic E-state index is 10.4. The van der Waals surface area contributed by atoms with Gasteiger partial charge in [0.05, 0.1) is 6.10 Å². The second-order valence-corrected chi connectivity index (χ2v) is 6.00.